The van der Waals surface area contributed by atoms with Crippen LogP contribution >= 0.6 is 0 Å². The van der Waals surface area contributed by atoms with Crippen LogP contribution in [0.25, 0.3) is 22.2 Å². The molecule has 1 atom stereocenters. The first-order valence-corrected chi connectivity index (χ1v) is 10.9. The van der Waals surface area contributed by atoms with Crippen LogP contribution in [0.15, 0.2) is 54.6 Å². The molecule has 3 aromatic rings. The molecule has 2 N–H and O–H groups in total. The Morgan fingerprint density at radius 2 is 1.90 bits per heavy atom. The maximum absolute atomic E-state index is 12.9. The second-order valence-corrected chi connectivity index (χ2v) is 8.67. The molecule has 1 saturated carbocycles. The van der Waals surface area contributed by atoms with Gasteiger partial charge < -0.3 is 15.2 Å². The molecule has 0 bridgehead atoms. The van der Waals surface area contributed by atoms with Crippen molar-refractivity contribution in [3.05, 3.63) is 54.6 Å². The number of aromatic amines is 1. The number of para-hydroxylation sites is 1. The zero-order valence-corrected chi connectivity index (χ0v) is 17.1. The van der Waals surface area contributed by atoms with Gasteiger partial charge in [-0.1, -0.05) is 30.3 Å². The van der Waals surface area contributed by atoms with E-state index in [0.717, 1.165) is 41.8 Å². The first-order valence-electron chi connectivity index (χ1n) is 10.9. The van der Waals surface area contributed by atoms with Gasteiger partial charge in [0.25, 0.3) is 0 Å². The first-order chi connectivity index (χ1) is 14.7. The molecule has 5 rings (SSSR count). The van der Waals surface area contributed by atoms with Crippen molar-refractivity contribution in [2.24, 2.45) is 11.8 Å². The van der Waals surface area contributed by atoms with Crippen molar-refractivity contribution in [2.75, 3.05) is 18.4 Å². The van der Waals surface area contributed by atoms with Crippen molar-refractivity contribution in [3.8, 4) is 11.3 Å². The van der Waals surface area contributed by atoms with Gasteiger partial charge in [-0.25, -0.2) is 0 Å². The number of nitrogens with one attached hydrogen (secondary N) is 2. The summed E-state index contributed by atoms with van der Waals surface area (Å²) in [4.78, 5) is 30.7. The maximum Gasteiger partial charge on any atom is 0.229 e. The number of fused-ring (bicyclic) bond motifs is 1. The summed E-state index contributed by atoms with van der Waals surface area (Å²) in [7, 11) is 0. The van der Waals surface area contributed by atoms with E-state index in [1.807, 2.05) is 41.3 Å². The monoisotopic (exact) mass is 401 g/mol. The van der Waals surface area contributed by atoms with Crippen LogP contribution in [0.1, 0.15) is 32.1 Å². The van der Waals surface area contributed by atoms with E-state index in [-0.39, 0.29) is 17.7 Å². The summed E-state index contributed by atoms with van der Waals surface area (Å²) >= 11 is 0. The molecule has 2 aliphatic rings. The topological polar surface area (TPSA) is 65.2 Å². The number of aromatic nitrogens is 1. The quantitative estimate of drug-likeness (QED) is 0.644. The molecule has 1 unspecified atom stereocenters. The molecule has 1 aliphatic carbocycles. The van der Waals surface area contributed by atoms with E-state index in [2.05, 4.69) is 28.5 Å². The number of benzene rings is 2. The van der Waals surface area contributed by atoms with Crippen LogP contribution in [0.4, 0.5) is 5.69 Å². The van der Waals surface area contributed by atoms with Gasteiger partial charge in [-0.15, -0.1) is 0 Å². The molecule has 0 spiro atoms. The fourth-order valence-corrected chi connectivity index (χ4v) is 4.35. The lowest BCUT2D eigenvalue weighted by Crippen LogP contribution is -2.43. The van der Waals surface area contributed by atoms with E-state index in [1.54, 1.807) is 0 Å². The summed E-state index contributed by atoms with van der Waals surface area (Å²) in [6.45, 7) is 1.32. The number of hydrogen-bond donors (Lipinski definition) is 2. The van der Waals surface area contributed by atoms with Gasteiger partial charge in [0.05, 0.1) is 5.92 Å². The third kappa shape index (κ3) is 4.11. The molecule has 2 amide bonds. The summed E-state index contributed by atoms with van der Waals surface area (Å²) < 4.78 is 0. The minimum absolute atomic E-state index is 0.00715. The van der Waals surface area contributed by atoms with Gasteiger partial charge in [-0.2, -0.15) is 0 Å². The predicted molar refractivity (Wildman–Crippen MR) is 119 cm³/mol. The zero-order valence-electron chi connectivity index (χ0n) is 17.1. The van der Waals surface area contributed by atoms with Gasteiger partial charge >= 0.3 is 0 Å². The smallest absolute Gasteiger partial charge is 0.229 e. The summed E-state index contributed by atoms with van der Waals surface area (Å²) in [6, 6.07) is 18.2. The van der Waals surface area contributed by atoms with Crippen LogP contribution in [-0.2, 0) is 9.59 Å². The predicted octanol–water partition coefficient (Wildman–Crippen LogP) is 4.81. The maximum atomic E-state index is 12.9. The number of carbonyl (C=O) groups is 2. The van der Waals surface area contributed by atoms with Gasteiger partial charge in [0, 0.05) is 47.4 Å². The highest BCUT2D eigenvalue weighted by Crippen LogP contribution is 2.33. The van der Waals surface area contributed by atoms with Crippen molar-refractivity contribution < 1.29 is 9.59 Å². The number of hydrogen-bond acceptors (Lipinski definition) is 2. The SMILES string of the molecule is O=C(Nc1cccc(-c2cc3ccccc3[nH]2)c1)C1CCCN(C(=O)CC2CC2)C1. The second kappa shape index (κ2) is 7.98. The molecule has 1 aromatic heterocycles. The van der Waals surface area contributed by atoms with E-state index >= 15 is 0 Å². The Labute approximate surface area is 176 Å². The van der Waals surface area contributed by atoms with Gasteiger partial charge in [0.2, 0.25) is 11.8 Å². The fourth-order valence-electron chi connectivity index (χ4n) is 4.35. The molecule has 154 valence electrons. The highest BCUT2D eigenvalue weighted by Gasteiger charge is 2.31. The van der Waals surface area contributed by atoms with Crippen molar-refractivity contribution >= 4 is 28.4 Å². The second-order valence-electron chi connectivity index (χ2n) is 8.67. The van der Waals surface area contributed by atoms with Crippen molar-refractivity contribution in [1.29, 1.82) is 0 Å². The van der Waals surface area contributed by atoms with E-state index in [4.69, 9.17) is 0 Å². The molecule has 5 heteroatoms. The summed E-state index contributed by atoms with van der Waals surface area (Å²) in [5, 5.41) is 4.24. The minimum Gasteiger partial charge on any atom is -0.355 e. The molecule has 2 fully saturated rings. The number of anilines is 1. The molecule has 2 aromatic carbocycles. The number of amides is 2. The Balaban J connectivity index is 1.26. The Hall–Kier alpha value is -3.08. The van der Waals surface area contributed by atoms with E-state index < -0.39 is 0 Å². The van der Waals surface area contributed by atoms with Crippen LogP contribution in [0.3, 0.4) is 0 Å². The van der Waals surface area contributed by atoms with Gasteiger partial charge in [-0.3, -0.25) is 9.59 Å². The number of carbonyl (C=O) groups excluding carboxylic acids is 2. The average molecular weight is 402 g/mol. The van der Waals surface area contributed by atoms with E-state index in [1.165, 1.54) is 18.2 Å². The Bertz CT molecular complexity index is 1050. The average Bonchev–Trinajstić information content (AvgIpc) is 3.48. The lowest BCUT2D eigenvalue weighted by atomic mass is 9.96. The Kier molecular flexibility index (Phi) is 5.03. The number of rotatable bonds is 5. The van der Waals surface area contributed by atoms with Crippen LogP contribution in [0.5, 0.6) is 0 Å². The number of H-pyrrole nitrogens is 1. The van der Waals surface area contributed by atoms with Crippen molar-refractivity contribution in [2.45, 2.75) is 32.1 Å². The largest absolute Gasteiger partial charge is 0.355 e. The van der Waals surface area contributed by atoms with Gasteiger partial charge in [0.15, 0.2) is 0 Å². The highest BCUT2D eigenvalue weighted by atomic mass is 16.2. The molecule has 5 nitrogen and oxygen atoms in total. The molecule has 1 aliphatic heterocycles. The lowest BCUT2D eigenvalue weighted by molar-refractivity contribution is -0.134. The standard InChI is InChI=1S/C25H27N3O2/c29-24(13-17-10-11-17)28-12-4-7-20(16-28)25(30)26-21-8-3-6-18(14-21)23-15-19-5-1-2-9-22(19)27-23/h1-3,5-6,8-9,14-15,17,20,27H,4,7,10-13,16H2,(H,26,30). The normalized spacial score (nSPS) is 19.1. The van der Waals surface area contributed by atoms with Crippen LogP contribution in [0.2, 0.25) is 0 Å². The number of nitrogens with zero attached hydrogens (tertiary/aromatic N) is 1. The summed E-state index contributed by atoms with van der Waals surface area (Å²) in [5.74, 6) is 0.668. The molecule has 0 radical (unpaired) electrons. The lowest BCUT2D eigenvalue weighted by Gasteiger charge is -2.32. The van der Waals surface area contributed by atoms with Gasteiger partial charge in [0.1, 0.15) is 0 Å². The minimum atomic E-state index is -0.140. The van der Waals surface area contributed by atoms with Gasteiger partial charge in [-0.05, 0) is 55.9 Å². The Morgan fingerprint density at radius 3 is 2.73 bits per heavy atom. The third-order valence-electron chi connectivity index (χ3n) is 6.28. The summed E-state index contributed by atoms with van der Waals surface area (Å²) in [6.07, 6.45) is 4.73. The molecule has 30 heavy (non-hydrogen) atoms. The Morgan fingerprint density at radius 1 is 1.03 bits per heavy atom. The van der Waals surface area contributed by atoms with Crippen molar-refractivity contribution in [3.63, 3.8) is 0 Å². The van der Waals surface area contributed by atoms with Crippen LogP contribution in [0, 0.1) is 11.8 Å². The highest BCUT2D eigenvalue weighted by molar-refractivity contribution is 5.94. The van der Waals surface area contributed by atoms with E-state index in [9.17, 15) is 9.59 Å². The third-order valence-corrected chi connectivity index (χ3v) is 6.28. The summed E-state index contributed by atoms with van der Waals surface area (Å²) in [5.41, 5.74) is 3.95. The molecule has 2 heterocycles. The molecular weight excluding hydrogens is 374 g/mol. The molecular formula is C25H27N3O2. The van der Waals surface area contributed by atoms with Crippen molar-refractivity contribution in [1.82, 2.24) is 9.88 Å². The first kappa shape index (κ1) is 18.9. The fraction of sp³-hybridized carbons (Fsp3) is 0.360. The van der Waals surface area contributed by atoms with E-state index in [0.29, 0.717) is 18.9 Å². The molecule has 1 saturated heterocycles. The van der Waals surface area contributed by atoms with Crippen LogP contribution in [-0.4, -0.2) is 34.8 Å². The van der Waals surface area contributed by atoms with Crippen LogP contribution < -0.4 is 5.32 Å². The number of piperidine rings is 1. The number of likely N-dealkylation sites (tertiary alicyclic amines) is 1. The zero-order chi connectivity index (χ0) is 20.5.